The fourth-order valence-corrected chi connectivity index (χ4v) is 2.31. The average molecular weight is 344 g/mol. The number of hydrogen-bond donors (Lipinski definition) is 2. The van der Waals surface area contributed by atoms with Crippen LogP contribution in [0.5, 0.6) is 5.75 Å². The van der Waals surface area contributed by atoms with Crippen molar-refractivity contribution in [3.05, 3.63) is 29.8 Å². The van der Waals surface area contributed by atoms with Gasteiger partial charge >= 0.3 is 0 Å². The Bertz CT molecular complexity index is 450. The molecule has 1 fully saturated rings. The summed E-state index contributed by atoms with van der Waals surface area (Å²) in [6, 6.07) is 7.17. The van der Waals surface area contributed by atoms with Crippen molar-refractivity contribution < 1.29 is 14.3 Å². The highest BCUT2D eigenvalue weighted by Gasteiger charge is 2.10. The van der Waals surface area contributed by atoms with Crippen LogP contribution in [-0.2, 0) is 4.74 Å². The Labute approximate surface area is 143 Å². The lowest BCUT2D eigenvalue weighted by Crippen LogP contribution is -2.46. The molecule has 0 radical (unpaired) electrons. The van der Waals surface area contributed by atoms with Crippen molar-refractivity contribution in [1.29, 1.82) is 0 Å². The van der Waals surface area contributed by atoms with Gasteiger partial charge in [-0.3, -0.25) is 9.69 Å². The predicted molar refractivity (Wildman–Crippen MR) is 92.7 cm³/mol. The lowest BCUT2D eigenvalue weighted by molar-refractivity contribution is 0.0947. The molecule has 0 saturated carbocycles. The molecule has 130 valence electrons. The molecule has 1 heterocycles. The number of hydrogen-bond acceptors (Lipinski definition) is 5. The lowest BCUT2D eigenvalue weighted by Gasteiger charge is -2.27. The van der Waals surface area contributed by atoms with Gasteiger partial charge in [-0.25, -0.2) is 0 Å². The number of benzene rings is 1. The maximum atomic E-state index is 12.1. The van der Waals surface area contributed by atoms with Crippen LogP contribution in [0, 0.1) is 0 Å². The number of nitrogens with one attached hydrogen (secondary N) is 2. The third kappa shape index (κ3) is 7.18. The van der Waals surface area contributed by atoms with Gasteiger partial charge in [-0.1, -0.05) is 0 Å². The highest BCUT2D eigenvalue weighted by molar-refractivity contribution is 5.94. The molecule has 2 N–H and O–H groups in total. The molecule has 1 amide bonds. The van der Waals surface area contributed by atoms with Gasteiger partial charge in [-0.2, -0.15) is 0 Å². The van der Waals surface area contributed by atoms with Crippen molar-refractivity contribution in [2.45, 2.75) is 0 Å². The van der Waals surface area contributed by atoms with E-state index in [4.69, 9.17) is 9.47 Å². The smallest absolute Gasteiger partial charge is 0.251 e. The maximum Gasteiger partial charge on any atom is 0.251 e. The Morgan fingerprint density at radius 3 is 2.57 bits per heavy atom. The van der Waals surface area contributed by atoms with Crippen LogP contribution in [-0.4, -0.2) is 70.4 Å². The molecule has 6 nitrogen and oxygen atoms in total. The Kier molecular flexibility index (Phi) is 9.63. The Hall–Kier alpha value is -1.34. The fraction of sp³-hybridized carbons (Fsp3) is 0.562. The molecule has 1 saturated heterocycles. The first-order valence-electron chi connectivity index (χ1n) is 7.72. The second kappa shape index (κ2) is 11.2. The largest absolute Gasteiger partial charge is 0.491 e. The van der Waals surface area contributed by atoms with Crippen LogP contribution in [0.2, 0.25) is 0 Å². The number of ether oxygens (including phenoxy) is 2. The van der Waals surface area contributed by atoms with Gasteiger partial charge in [0.15, 0.2) is 0 Å². The predicted octanol–water partition coefficient (Wildman–Crippen LogP) is 0.769. The molecule has 0 unspecified atom stereocenters. The van der Waals surface area contributed by atoms with Crippen molar-refractivity contribution in [3.8, 4) is 5.75 Å². The summed E-state index contributed by atoms with van der Waals surface area (Å²) in [5.41, 5.74) is 0.652. The van der Waals surface area contributed by atoms with Crippen molar-refractivity contribution in [2.24, 2.45) is 0 Å². The van der Waals surface area contributed by atoms with E-state index in [0.29, 0.717) is 25.3 Å². The Balaban J connectivity index is 0.00000264. The van der Waals surface area contributed by atoms with Crippen LogP contribution in [0.1, 0.15) is 10.4 Å². The molecule has 0 aromatic heterocycles. The van der Waals surface area contributed by atoms with E-state index in [0.717, 1.165) is 38.5 Å². The van der Waals surface area contributed by atoms with Crippen LogP contribution in [0.4, 0.5) is 0 Å². The maximum absolute atomic E-state index is 12.1. The van der Waals surface area contributed by atoms with Crippen LogP contribution in [0.25, 0.3) is 0 Å². The Morgan fingerprint density at radius 1 is 1.22 bits per heavy atom. The average Bonchev–Trinajstić information content (AvgIpc) is 2.56. The Morgan fingerprint density at radius 2 is 1.91 bits per heavy atom. The number of amides is 1. The summed E-state index contributed by atoms with van der Waals surface area (Å²) in [5, 5.41) is 6.27. The summed E-state index contributed by atoms with van der Waals surface area (Å²) in [7, 11) is 1.64. The number of halogens is 1. The van der Waals surface area contributed by atoms with Gasteiger partial charge in [0, 0.05) is 51.9 Å². The molecule has 0 spiro atoms. The van der Waals surface area contributed by atoms with Gasteiger partial charge in [0.05, 0.1) is 6.61 Å². The van der Waals surface area contributed by atoms with Gasteiger partial charge < -0.3 is 20.1 Å². The molecular weight excluding hydrogens is 318 g/mol. The molecular formula is C16H26ClN3O3. The highest BCUT2D eigenvalue weighted by Crippen LogP contribution is 2.12. The molecule has 1 aromatic rings. The molecule has 0 aliphatic carbocycles. The lowest BCUT2D eigenvalue weighted by atomic mass is 10.2. The van der Waals surface area contributed by atoms with Crippen LogP contribution in [0.3, 0.4) is 0 Å². The van der Waals surface area contributed by atoms with Crippen molar-refractivity contribution >= 4 is 18.3 Å². The van der Waals surface area contributed by atoms with Gasteiger partial charge in [0.2, 0.25) is 0 Å². The third-order valence-electron chi connectivity index (χ3n) is 3.60. The van der Waals surface area contributed by atoms with Crippen molar-refractivity contribution in [3.63, 3.8) is 0 Å². The van der Waals surface area contributed by atoms with E-state index in [-0.39, 0.29) is 18.3 Å². The van der Waals surface area contributed by atoms with Crippen molar-refractivity contribution in [2.75, 3.05) is 59.6 Å². The molecule has 7 heteroatoms. The summed E-state index contributed by atoms with van der Waals surface area (Å²) in [6.07, 6.45) is 0. The number of piperazine rings is 1. The van der Waals surface area contributed by atoms with E-state index in [1.807, 2.05) is 0 Å². The van der Waals surface area contributed by atoms with Crippen molar-refractivity contribution in [1.82, 2.24) is 15.5 Å². The monoisotopic (exact) mass is 343 g/mol. The number of methoxy groups -OCH3 is 1. The van der Waals surface area contributed by atoms with Gasteiger partial charge in [0.1, 0.15) is 12.4 Å². The number of carbonyl (C=O) groups excluding carboxylic acids is 1. The highest BCUT2D eigenvalue weighted by atomic mass is 35.5. The minimum atomic E-state index is -0.0430. The molecule has 0 atom stereocenters. The minimum absolute atomic E-state index is 0. The zero-order chi connectivity index (χ0) is 15.6. The minimum Gasteiger partial charge on any atom is -0.491 e. The van der Waals surface area contributed by atoms with Gasteiger partial charge in [-0.05, 0) is 24.3 Å². The summed E-state index contributed by atoms with van der Waals surface area (Å²) in [6.45, 7) is 6.77. The normalized spacial score (nSPS) is 14.8. The number of rotatable bonds is 8. The summed E-state index contributed by atoms with van der Waals surface area (Å²) in [5.74, 6) is 0.702. The van der Waals surface area contributed by atoms with E-state index in [9.17, 15) is 4.79 Å². The summed E-state index contributed by atoms with van der Waals surface area (Å²) in [4.78, 5) is 14.4. The SMILES string of the molecule is COCCOc1ccc(C(=O)NCCN2CCNCC2)cc1.Cl. The van der Waals surface area contributed by atoms with Crippen LogP contribution >= 0.6 is 12.4 Å². The first-order chi connectivity index (χ1) is 10.8. The second-order valence-electron chi connectivity index (χ2n) is 5.21. The quantitative estimate of drug-likeness (QED) is 0.683. The topological polar surface area (TPSA) is 62.8 Å². The molecule has 23 heavy (non-hydrogen) atoms. The molecule has 1 aliphatic heterocycles. The summed E-state index contributed by atoms with van der Waals surface area (Å²) >= 11 is 0. The van der Waals surface area contributed by atoms with Crippen LogP contribution in [0.15, 0.2) is 24.3 Å². The zero-order valence-corrected chi connectivity index (χ0v) is 14.4. The molecule has 1 aliphatic rings. The molecule has 0 bridgehead atoms. The van der Waals surface area contributed by atoms with E-state index < -0.39 is 0 Å². The second-order valence-corrected chi connectivity index (χ2v) is 5.21. The van der Waals surface area contributed by atoms with Gasteiger partial charge in [-0.15, -0.1) is 12.4 Å². The zero-order valence-electron chi connectivity index (χ0n) is 13.5. The van der Waals surface area contributed by atoms with E-state index in [1.165, 1.54) is 0 Å². The van der Waals surface area contributed by atoms with E-state index in [2.05, 4.69) is 15.5 Å². The number of nitrogens with zero attached hydrogens (tertiary/aromatic N) is 1. The standard InChI is InChI=1S/C16H25N3O3.ClH/c1-21-12-13-22-15-4-2-14(3-5-15)16(20)18-8-11-19-9-6-17-7-10-19;/h2-5,17H,6-13H2,1H3,(H,18,20);1H. The third-order valence-corrected chi connectivity index (χ3v) is 3.60. The van der Waals surface area contributed by atoms with E-state index >= 15 is 0 Å². The molecule has 1 aromatic carbocycles. The first kappa shape index (κ1) is 19.7. The number of carbonyl (C=O) groups is 1. The fourth-order valence-electron chi connectivity index (χ4n) is 2.31. The van der Waals surface area contributed by atoms with Gasteiger partial charge in [0.25, 0.3) is 5.91 Å². The van der Waals surface area contributed by atoms with Crippen LogP contribution < -0.4 is 15.4 Å². The van der Waals surface area contributed by atoms with E-state index in [1.54, 1.807) is 31.4 Å². The molecule has 2 rings (SSSR count). The summed E-state index contributed by atoms with van der Waals surface area (Å²) < 4.78 is 10.4. The first-order valence-corrected chi connectivity index (χ1v) is 7.72.